The van der Waals surface area contributed by atoms with Gasteiger partial charge in [0.25, 0.3) is 0 Å². The third-order valence-electron chi connectivity index (χ3n) is 3.80. The van der Waals surface area contributed by atoms with Gasteiger partial charge in [-0.2, -0.15) is 0 Å². The number of hydrogen-bond acceptors (Lipinski definition) is 1. The Morgan fingerprint density at radius 2 is 1.89 bits per heavy atom. The molecule has 1 aliphatic rings. The van der Waals surface area contributed by atoms with Crippen LogP contribution in [0, 0.1) is 0 Å². The van der Waals surface area contributed by atoms with Crippen molar-refractivity contribution < 1.29 is 5.11 Å². The van der Waals surface area contributed by atoms with Gasteiger partial charge in [-0.25, -0.2) is 0 Å². The van der Waals surface area contributed by atoms with Crippen LogP contribution in [0.15, 0.2) is 42.5 Å². The first kappa shape index (κ1) is 11.6. The molecule has 0 aromatic heterocycles. The summed E-state index contributed by atoms with van der Waals surface area (Å²) in [4.78, 5) is 0. The zero-order chi connectivity index (χ0) is 12.5. The molecular weight excluding hydrogens is 244 g/mol. The number of rotatable bonds is 1. The SMILES string of the molecule is Oc1ccccc1C1CCc2c(Cl)cccc2C1. The molecule has 1 nitrogen and oxygen atoms in total. The topological polar surface area (TPSA) is 20.2 Å². The van der Waals surface area contributed by atoms with Crippen LogP contribution in [0.5, 0.6) is 5.75 Å². The fourth-order valence-corrected chi connectivity index (χ4v) is 3.15. The van der Waals surface area contributed by atoms with Gasteiger partial charge >= 0.3 is 0 Å². The van der Waals surface area contributed by atoms with Gasteiger partial charge in [0.1, 0.15) is 5.75 Å². The number of benzene rings is 2. The molecule has 1 atom stereocenters. The quantitative estimate of drug-likeness (QED) is 0.808. The first-order valence-electron chi connectivity index (χ1n) is 6.30. The zero-order valence-corrected chi connectivity index (χ0v) is 10.8. The average Bonchev–Trinajstić information content (AvgIpc) is 2.39. The second-order valence-electron chi connectivity index (χ2n) is 4.88. The molecule has 0 heterocycles. The molecule has 0 saturated heterocycles. The molecule has 3 rings (SSSR count). The summed E-state index contributed by atoms with van der Waals surface area (Å²) in [6, 6.07) is 13.8. The van der Waals surface area contributed by atoms with Crippen molar-refractivity contribution in [3.05, 3.63) is 64.2 Å². The van der Waals surface area contributed by atoms with E-state index in [1.54, 1.807) is 6.07 Å². The first-order valence-corrected chi connectivity index (χ1v) is 6.67. The molecule has 0 bridgehead atoms. The van der Waals surface area contributed by atoms with Gasteiger partial charge in [0, 0.05) is 5.02 Å². The molecule has 0 saturated carbocycles. The van der Waals surface area contributed by atoms with E-state index in [9.17, 15) is 5.11 Å². The Bertz CT molecular complexity index is 577. The predicted octanol–water partition coefficient (Wildman–Crippen LogP) is 4.32. The van der Waals surface area contributed by atoms with Crippen molar-refractivity contribution in [2.45, 2.75) is 25.2 Å². The van der Waals surface area contributed by atoms with E-state index in [0.29, 0.717) is 11.7 Å². The third kappa shape index (κ3) is 1.99. The lowest BCUT2D eigenvalue weighted by molar-refractivity contribution is 0.453. The molecule has 1 N–H and O–H groups in total. The van der Waals surface area contributed by atoms with E-state index in [0.717, 1.165) is 29.8 Å². The van der Waals surface area contributed by atoms with Crippen molar-refractivity contribution in [2.75, 3.05) is 0 Å². The van der Waals surface area contributed by atoms with Crippen LogP contribution in [0.25, 0.3) is 0 Å². The second kappa shape index (κ2) is 4.66. The maximum atomic E-state index is 9.94. The molecule has 1 aliphatic carbocycles. The van der Waals surface area contributed by atoms with Gasteiger partial charge in [-0.3, -0.25) is 0 Å². The molecule has 18 heavy (non-hydrogen) atoms. The fraction of sp³-hybridized carbons (Fsp3) is 0.250. The van der Waals surface area contributed by atoms with Crippen LogP contribution in [-0.4, -0.2) is 5.11 Å². The lowest BCUT2D eigenvalue weighted by Crippen LogP contribution is -2.13. The maximum Gasteiger partial charge on any atom is 0.119 e. The van der Waals surface area contributed by atoms with Gasteiger partial charge in [0.2, 0.25) is 0 Å². The molecule has 2 aromatic carbocycles. The summed E-state index contributed by atoms with van der Waals surface area (Å²) >= 11 is 6.22. The molecule has 1 unspecified atom stereocenters. The predicted molar refractivity (Wildman–Crippen MR) is 74.3 cm³/mol. The Balaban J connectivity index is 1.94. The second-order valence-corrected chi connectivity index (χ2v) is 5.28. The molecule has 2 aromatic rings. The highest BCUT2D eigenvalue weighted by Gasteiger charge is 2.23. The summed E-state index contributed by atoms with van der Waals surface area (Å²) in [6.07, 6.45) is 3.01. The minimum absolute atomic E-state index is 0.400. The Hall–Kier alpha value is -1.47. The van der Waals surface area contributed by atoms with Crippen molar-refractivity contribution in [2.24, 2.45) is 0 Å². The fourth-order valence-electron chi connectivity index (χ4n) is 2.86. The lowest BCUT2D eigenvalue weighted by Gasteiger charge is -2.26. The van der Waals surface area contributed by atoms with E-state index in [2.05, 4.69) is 6.07 Å². The third-order valence-corrected chi connectivity index (χ3v) is 4.16. The number of aromatic hydroxyl groups is 1. The van der Waals surface area contributed by atoms with E-state index in [4.69, 9.17) is 11.6 Å². The number of halogens is 1. The summed E-state index contributed by atoms with van der Waals surface area (Å²) in [5.41, 5.74) is 3.66. The van der Waals surface area contributed by atoms with Crippen LogP contribution >= 0.6 is 11.6 Å². The number of para-hydroxylation sites is 1. The van der Waals surface area contributed by atoms with Crippen molar-refractivity contribution in [3.63, 3.8) is 0 Å². The van der Waals surface area contributed by atoms with Crippen molar-refractivity contribution >= 4 is 11.6 Å². The van der Waals surface area contributed by atoms with Crippen molar-refractivity contribution in [1.82, 2.24) is 0 Å². The Morgan fingerprint density at radius 3 is 2.72 bits per heavy atom. The van der Waals surface area contributed by atoms with Crippen LogP contribution in [-0.2, 0) is 12.8 Å². The summed E-state index contributed by atoms with van der Waals surface area (Å²) in [5.74, 6) is 0.810. The molecule has 0 amide bonds. The number of hydrogen-bond donors (Lipinski definition) is 1. The van der Waals surface area contributed by atoms with Crippen LogP contribution in [0.1, 0.15) is 29.0 Å². The summed E-state index contributed by atoms with van der Waals surface area (Å²) < 4.78 is 0. The van der Waals surface area contributed by atoms with Crippen LogP contribution in [0.2, 0.25) is 5.02 Å². The van der Waals surface area contributed by atoms with E-state index in [-0.39, 0.29) is 0 Å². The van der Waals surface area contributed by atoms with E-state index in [1.165, 1.54) is 11.1 Å². The minimum Gasteiger partial charge on any atom is -0.508 e. The lowest BCUT2D eigenvalue weighted by atomic mass is 9.80. The van der Waals surface area contributed by atoms with Crippen molar-refractivity contribution in [1.29, 1.82) is 0 Å². The van der Waals surface area contributed by atoms with Gasteiger partial charge in [0.05, 0.1) is 0 Å². The number of fused-ring (bicyclic) bond motifs is 1. The van der Waals surface area contributed by atoms with Crippen LogP contribution in [0.3, 0.4) is 0 Å². The Kier molecular flexibility index (Phi) is 3.00. The highest BCUT2D eigenvalue weighted by Crippen LogP contribution is 2.38. The van der Waals surface area contributed by atoms with Gasteiger partial charge in [-0.1, -0.05) is 41.9 Å². The average molecular weight is 259 g/mol. The number of phenols is 1. The standard InChI is InChI=1S/C16H15ClO/c17-15-6-3-4-11-10-12(8-9-13(11)15)14-5-1-2-7-16(14)18/h1-7,12,18H,8-10H2. The summed E-state index contributed by atoms with van der Waals surface area (Å²) in [7, 11) is 0. The molecule has 0 spiro atoms. The smallest absolute Gasteiger partial charge is 0.119 e. The molecule has 2 heteroatoms. The Morgan fingerprint density at radius 1 is 1.06 bits per heavy atom. The first-order chi connectivity index (χ1) is 8.75. The minimum atomic E-state index is 0.400. The van der Waals surface area contributed by atoms with Gasteiger partial charge < -0.3 is 5.11 Å². The molecule has 92 valence electrons. The maximum absolute atomic E-state index is 9.94. The summed E-state index contributed by atoms with van der Waals surface area (Å²) in [5, 5.41) is 10.8. The van der Waals surface area contributed by atoms with Crippen molar-refractivity contribution in [3.8, 4) is 5.75 Å². The highest BCUT2D eigenvalue weighted by molar-refractivity contribution is 6.31. The largest absolute Gasteiger partial charge is 0.508 e. The highest BCUT2D eigenvalue weighted by atomic mass is 35.5. The van der Waals surface area contributed by atoms with E-state index in [1.807, 2.05) is 30.3 Å². The number of phenolic OH excluding ortho intramolecular Hbond substituents is 1. The molecular formula is C16H15ClO. The zero-order valence-electron chi connectivity index (χ0n) is 10.1. The Labute approximate surface area is 112 Å². The normalized spacial score (nSPS) is 18.4. The van der Waals surface area contributed by atoms with Crippen LogP contribution in [0.4, 0.5) is 0 Å². The molecule has 0 aliphatic heterocycles. The van der Waals surface area contributed by atoms with Crippen LogP contribution < -0.4 is 0 Å². The molecule has 0 fully saturated rings. The molecule has 0 radical (unpaired) electrons. The van der Waals surface area contributed by atoms with E-state index < -0.39 is 0 Å². The monoisotopic (exact) mass is 258 g/mol. The van der Waals surface area contributed by atoms with Gasteiger partial charge in [-0.05, 0) is 54.0 Å². The van der Waals surface area contributed by atoms with E-state index >= 15 is 0 Å². The van der Waals surface area contributed by atoms with Gasteiger partial charge in [0.15, 0.2) is 0 Å². The van der Waals surface area contributed by atoms with Gasteiger partial charge in [-0.15, -0.1) is 0 Å². The summed E-state index contributed by atoms with van der Waals surface area (Å²) in [6.45, 7) is 0.